The number of hydrogen-bond donors (Lipinski definition) is 1. The predicted molar refractivity (Wildman–Crippen MR) is 59.3 cm³/mol. The summed E-state index contributed by atoms with van der Waals surface area (Å²) >= 11 is 0. The van der Waals surface area contributed by atoms with E-state index in [0.717, 1.165) is 16.9 Å². The van der Waals surface area contributed by atoms with Crippen molar-refractivity contribution in [1.29, 1.82) is 0 Å². The smallest absolute Gasteiger partial charge is 0.179 e. The van der Waals surface area contributed by atoms with Gasteiger partial charge in [-0.25, -0.2) is 14.2 Å². The number of nitrogens with two attached hydrogens (primary N) is 1. The maximum Gasteiger partial charge on any atom is 0.179 e. The lowest BCUT2D eigenvalue weighted by molar-refractivity contribution is 0.835. The Labute approximate surface area is 91.3 Å². The Balaban J connectivity index is 2.29. The van der Waals surface area contributed by atoms with Gasteiger partial charge in [0.2, 0.25) is 0 Å². The van der Waals surface area contributed by atoms with E-state index in [1.807, 2.05) is 19.2 Å². The van der Waals surface area contributed by atoms with Crippen LogP contribution in [0.25, 0.3) is 11.3 Å². The van der Waals surface area contributed by atoms with E-state index in [-0.39, 0.29) is 0 Å². The molecule has 0 aromatic carbocycles. The lowest BCUT2D eigenvalue weighted by atomic mass is 10.4. The summed E-state index contributed by atoms with van der Waals surface area (Å²) in [4.78, 5) is 4.29. The molecule has 6 nitrogen and oxygen atoms in total. The molecule has 0 aliphatic rings. The van der Waals surface area contributed by atoms with E-state index in [2.05, 4.69) is 15.2 Å². The van der Waals surface area contributed by atoms with Gasteiger partial charge in [-0.1, -0.05) is 0 Å². The zero-order chi connectivity index (χ0) is 11.1. The molecular weight excluding hydrogens is 204 g/mol. The fraction of sp³-hybridized carbons (Fsp3) is 0.100. The fourth-order valence-electron chi connectivity index (χ4n) is 1.60. The van der Waals surface area contributed by atoms with Crippen LogP contribution in [0.4, 0.5) is 5.82 Å². The van der Waals surface area contributed by atoms with Crippen LogP contribution < -0.4 is 5.73 Å². The summed E-state index contributed by atoms with van der Waals surface area (Å²) in [6.07, 6.45) is 7.05. The quantitative estimate of drug-likeness (QED) is 0.650. The Bertz CT molecular complexity index is 631. The molecule has 2 N–H and O–H groups in total. The van der Waals surface area contributed by atoms with Crippen LogP contribution in [0.5, 0.6) is 0 Å². The molecule has 0 saturated heterocycles. The van der Waals surface area contributed by atoms with Crippen molar-refractivity contribution >= 4 is 11.3 Å². The SMILES string of the molecule is Cc1cn(-c2nccn3nccc23)nc1N. The van der Waals surface area contributed by atoms with Crippen molar-refractivity contribution in [2.24, 2.45) is 0 Å². The van der Waals surface area contributed by atoms with Gasteiger partial charge < -0.3 is 5.73 Å². The molecular formula is C10H10N6. The lowest BCUT2D eigenvalue weighted by Gasteiger charge is -2.01. The molecule has 16 heavy (non-hydrogen) atoms. The molecule has 80 valence electrons. The molecule has 0 saturated carbocycles. The van der Waals surface area contributed by atoms with Crippen LogP contribution in [0.3, 0.4) is 0 Å². The van der Waals surface area contributed by atoms with E-state index < -0.39 is 0 Å². The number of anilines is 1. The second-order valence-corrected chi connectivity index (χ2v) is 3.55. The van der Waals surface area contributed by atoms with Crippen LogP contribution in [0, 0.1) is 6.92 Å². The van der Waals surface area contributed by atoms with Crippen molar-refractivity contribution in [3.63, 3.8) is 0 Å². The van der Waals surface area contributed by atoms with Crippen molar-refractivity contribution in [2.45, 2.75) is 6.92 Å². The van der Waals surface area contributed by atoms with Gasteiger partial charge in [0.05, 0.1) is 6.20 Å². The number of nitrogen functional groups attached to an aromatic ring is 1. The van der Waals surface area contributed by atoms with Gasteiger partial charge in [0, 0.05) is 24.2 Å². The van der Waals surface area contributed by atoms with Crippen LogP contribution in [-0.2, 0) is 0 Å². The molecule has 0 atom stereocenters. The summed E-state index contributed by atoms with van der Waals surface area (Å²) in [5.74, 6) is 1.24. The van der Waals surface area contributed by atoms with Crippen molar-refractivity contribution in [2.75, 3.05) is 5.73 Å². The Morgan fingerprint density at radius 2 is 2.19 bits per heavy atom. The highest BCUT2D eigenvalue weighted by Crippen LogP contribution is 2.15. The van der Waals surface area contributed by atoms with Crippen LogP contribution in [0.2, 0.25) is 0 Å². The van der Waals surface area contributed by atoms with Crippen molar-refractivity contribution in [1.82, 2.24) is 24.4 Å². The van der Waals surface area contributed by atoms with Gasteiger partial charge in [0.15, 0.2) is 5.82 Å². The third kappa shape index (κ3) is 1.16. The Kier molecular flexibility index (Phi) is 1.70. The Morgan fingerprint density at radius 1 is 1.31 bits per heavy atom. The predicted octanol–water partition coefficient (Wildman–Crippen LogP) is 0.806. The molecule has 0 aliphatic heterocycles. The molecule has 6 heteroatoms. The minimum atomic E-state index is 0.517. The van der Waals surface area contributed by atoms with E-state index in [1.165, 1.54) is 0 Å². The maximum absolute atomic E-state index is 5.72. The highest BCUT2D eigenvalue weighted by Gasteiger charge is 2.08. The number of aromatic nitrogens is 5. The summed E-state index contributed by atoms with van der Waals surface area (Å²) in [7, 11) is 0. The van der Waals surface area contributed by atoms with E-state index >= 15 is 0 Å². The molecule has 3 aromatic rings. The average molecular weight is 214 g/mol. The van der Waals surface area contributed by atoms with Crippen molar-refractivity contribution in [3.8, 4) is 5.82 Å². The summed E-state index contributed by atoms with van der Waals surface area (Å²) in [6, 6.07) is 1.88. The molecule has 0 amide bonds. The molecule has 3 rings (SSSR count). The maximum atomic E-state index is 5.72. The average Bonchev–Trinajstić information content (AvgIpc) is 2.85. The normalized spacial score (nSPS) is 11.1. The minimum absolute atomic E-state index is 0.517. The van der Waals surface area contributed by atoms with Gasteiger partial charge in [-0.15, -0.1) is 5.10 Å². The lowest BCUT2D eigenvalue weighted by Crippen LogP contribution is -2.02. The van der Waals surface area contributed by atoms with E-state index in [9.17, 15) is 0 Å². The molecule has 0 fully saturated rings. The summed E-state index contributed by atoms with van der Waals surface area (Å²) < 4.78 is 3.41. The fourth-order valence-corrected chi connectivity index (χ4v) is 1.60. The number of fused-ring (bicyclic) bond motifs is 1. The van der Waals surface area contributed by atoms with Gasteiger partial charge in [0.1, 0.15) is 11.3 Å². The van der Waals surface area contributed by atoms with Crippen LogP contribution in [0.1, 0.15) is 5.56 Å². The van der Waals surface area contributed by atoms with Crippen molar-refractivity contribution < 1.29 is 0 Å². The zero-order valence-corrected chi connectivity index (χ0v) is 8.70. The highest BCUT2D eigenvalue weighted by molar-refractivity contribution is 5.59. The first-order chi connectivity index (χ1) is 7.75. The minimum Gasteiger partial charge on any atom is -0.382 e. The molecule has 0 radical (unpaired) electrons. The number of nitrogens with zero attached hydrogens (tertiary/aromatic N) is 5. The summed E-state index contributed by atoms with van der Waals surface area (Å²) in [5.41, 5.74) is 7.54. The largest absolute Gasteiger partial charge is 0.382 e. The summed E-state index contributed by atoms with van der Waals surface area (Å²) in [5, 5.41) is 8.34. The first-order valence-corrected chi connectivity index (χ1v) is 4.86. The molecule has 3 heterocycles. The van der Waals surface area contributed by atoms with E-state index in [1.54, 1.807) is 27.8 Å². The Morgan fingerprint density at radius 3 is 2.94 bits per heavy atom. The van der Waals surface area contributed by atoms with Gasteiger partial charge >= 0.3 is 0 Å². The number of hydrogen-bond acceptors (Lipinski definition) is 4. The summed E-state index contributed by atoms with van der Waals surface area (Å²) in [6.45, 7) is 1.91. The molecule has 0 aliphatic carbocycles. The monoisotopic (exact) mass is 214 g/mol. The third-order valence-electron chi connectivity index (χ3n) is 2.46. The first kappa shape index (κ1) is 8.90. The molecule has 3 aromatic heterocycles. The van der Waals surface area contributed by atoms with Crippen LogP contribution >= 0.6 is 0 Å². The van der Waals surface area contributed by atoms with Crippen molar-refractivity contribution in [3.05, 3.63) is 36.4 Å². The van der Waals surface area contributed by atoms with Gasteiger partial charge in [-0.3, -0.25) is 0 Å². The van der Waals surface area contributed by atoms with E-state index in [4.69, 9.17) is 5.73 Å². The third-order valence-corrected chi connectivity index (χ3v) is 2.46. The Hall–Kier alpha value is -2.37. The standard InChI is InChI=1S/C10H10N6/c1-7-6-16(14-9(7)11)10-8-2-3-13-15(8)5-4-12-10/h2-6H,1H3,(H2,11,14). The van der Waals surface area contributed by atoms with Gasteiger partial charge in [-0.2, -0.15) is 5.10 Å². The molecule has 0 unspecified atom stereocenters. The molecule has 0 spiro atoms. The highest BCUT2D eigenvalue weighted by atomic mass is 15.3. The van der Waals surface area contributed by atoms with Gasteiger partial charge in [0.25, 0.3) is 0 Å². The second-order valence-electron chi connectivity index (χ2n) is 3.55. The zero-order valence-electron chi connectivity index (χ0n) is 8.70. The molecule has 0 bridgehead atoms. The van der Waals surface area contributed by atoms with Crippen LogP contribution in [0.15, 0.2) is 30.9 Å². The van der Waals surface area contributed by atoms with E-state index in [0.29, 0.717) is 5.82 Å². The number of rotatable bonds is 1. The first-order valence-electron chi connectivity index (χ1n) is 4.86. The number of aryl methyl sites for hydroxylation is 1. The van der Waals surface area contributed by atoms with Gasteiger partial charge in [-0.05, 0) is 13.0 Å². The topological polar surface area (TPSA) is 74.0 Å². The van der Waals surface area contributed by atoms with Crippen LogP contribution in [-0.4, -0.2) is 24.4 Å². The second kappa shape index (κ2) is 3.06.